The van der Waals surface area contributed by atoms with Gasteiger partial charge in [0.25, 0.3) is 0 Å². The molecule has 2 aromatic carbocycles. The van der Waals surface area contributed by atoms with E-state index in [0.717, 1.165) is 40.9 Å². The van der Waals surface area contributed by atoms with Crippen LogP contribution in [0.25, 0.3) is 11.0 Å². The number of aryl methyl sites for hydroxylation is 3. The van der Waals surface area contributed by atoms with Gasteiger partial charge in [0, 0.05) is 30.8 Å². The van der Waals surface area contributed by atoms with Gasteiger partial charge in [0.2, 0.25) is 5.91 Å². The molecule has 134 valence electrons. The highest BCUT2D eigenvalue weighted by Crippen LogP contribution is 2.24. The van der Waals surface area contributed by atoms with Crippen LogP contribution < -0.4 is 11.1 Å². The van der Waals surface area contributed by atoms with Crippen LogP contribution in [-0.4, -0.2) is 15.5 Å². The van der Waals surface area contributed by atoms with Crippen molar-refractivity contribution >= 4 is 28.3 Å². The van der Waals surface area contributed by atoms with E-state index >= 15 is 0 Å². The van der Waals surface area contributed by atoms with Gasteiger partial charge in [-0.1, -0.05) is 24.6 Å². The van der Waals surface area contributed by atoms with Crippen molar-refractivity contribution < 1.29 is 4.79 Å². The first kappa shape index (κ1) is 16.6. The first-order valence-electron chi connectivity index (χ1n) is 9.33. The summed E-state index contributed by atoms with van der Waals surface area (Å²) < 4.78 is 2.33. The Morgan fingerprint density at radius 2 is 2.04 bits per heavy atom. The molecule has 26 heavy (non-hydrogen) atoms. The SMILES string of the molecule is Nc1ccccc1CCC(=O)Nc1ccc2c(c1)nc1n2CCCCC1. The van der Waals surface area contributed by atoms with E-state index < -0.39 is 0 Å². The van der Waals surface area contributed by atoms with Crippen molar-refractivity contribution in [1.29, 1.82) is 0 Å². The van der Waals surface area contributed by atoms with Crippen LogP contribution in [0, 0.1) is 0 Å². The molecule has 1 aromatic heterocycles. The largest absolute Gasteiger partial charge is 0.399 e. The molecule has 3 aromatic rings. The Balaban J connectivity index is 1.45. The van der Waals surface area contributed by atoms with Gasteiger partial charge in [-0.25, -0.2) is 4.98 Å². The highest BCUT2D eigenvalue weighted by atomic mass is 16.1. The Morgan fingerprint density at radius 1 is 1.15 bits per heavy atom. The van der Waals surface area contributed by atoms with Crippen LogP contribution in [0.5, 0.6) is 0 Å². The summed E-state index contributed by atoms with van der Waals surface area (Å²) in [6, 6.07) is 13.7. The van der Waals surface area contributed by atoms with E-state index in [4.69, 9.17) is 10.7 Å². The number of nitrogens with two attached hydrogens (primary N) is 1. The monoisotopic (exact) mass is 348 g/mol. The molecule has 0 saturated carbocycles. The van der Waals surface area contributed by atoms with Crippen molar-refractivity contribution in [2.24, 2.45) is 0 Å². The maximum Gasteiger partial charge on any atom is 0.224 e. The summed E-state index contributed by atoms with van der Waals surface area (Å²) in [4.78, 5) is 17.1. The third-order valence-electron chi connectivity index (χ3n) is 5.07. The minimum Gasteiger partial charge on any atom is -0.399 e. The Labute approximate surface area is 153 Å². The molecular formula is C21H24N4O. The summed E-state index contributed by atoms with van der Waals surface area (Å²) in [7, 11) is 0. The summed E-state index contributed by atoms with van der Waals surface area (Å²) >= 11 is 0. The number of para-hydroxylation sites is 1. The van der Waals surface area contributed by atoms with Crippen molar-refractivity contribution in [3.05, 3.63) is 53.9 Å². The van der Waals surface area contributed by atoms with Gasteiger partial charge in [0.15, 0.2) is 0 Å². The van der Waals surface area contributed by atoms with E-state index in [1.807, 2.05) is 36.4 Å². The summed E-state index contributed by atoms with van der Waals surface area (Å²) in [5.74, 6) is 1.16. The molecule has 5 nitrogen and oxygen atoms in total. The van der Waals surface area contributed by atoms with Crippen molar-refractivity contribution in [1.82, 2.24) is 9.55 Å². The zero-order valence-corrected chi connectivity index (χ0v) is 14.9. The van der Waals surface area contributed by atoms with Crippen LogP contribution >= 0.6 is 0 Å². The summed E-state index contributed by atoms with van der Waals surface area (Å²) in [5, 5.41) is 2.99. The number of hydrogen-bond donors (Lipinski definition) is 2. The Morgan fingerprint density at radius 3 is 2.92 bits per heavy atom. The Hall–Kier alpha value is -2.82. The van der Waals surface area contributed by atoms with E-state index in [0.29, 0.717) is 12.8 Å². The maximum atomic E-state index is 12.3. The molecule has 0 spiro atoms. The zero-order chi connectivity index (χ0) is 17.9. The number of nitrogens with zero attached hydrogens (tertiary/aromatic N) is 2. The molecule has 2 heterocycles. The fourth-order valence-corrected chi connectivity index (χ4v) is 3.66. The van der Waals surface area contributed by atoms with Gasteiger partial charge < -0.3 is 15.6 Å². The number of hydrogen-bond acceptors (Lipinski definition) is 3. The number of rotatable bonds is 4. The van der Waals surface area contributed by atoms with E-state index in [-0.39, 0.29) is 5.91 Å². The highest BCUT2D eigenvalue weighted by Gasteiger charge is 2.14. The second kappa shape index (κ2) is 7.20. The molecule has 0 atom stereocenters. The number of benzene rings is 2. The molecule has 0 bridgehead atoms. The van der Waals surface area contributed by atoms with Crippen LogP contribution in [0.3, 0.4) is 0 Å². The lowest BCUT2D eigenvalue weighted by atomic mass is 10.1. The molecule has 0 radical (unpaired) electrons. The summed E-state index contributed by atoms with van der Waals surface area (Å²) in [5.41, 5.74) is 10.6. The van der Waals surface area contributed by atoms with E-state index in [9.17, 15) is 4.79 Å². The molecule has 1 aliphatic rings. The number of carbonyl (C=O) groups is 1. The van der Waals surface area contributed by atoms with Gasteiger partial charge >= 0.3 is 0 Å². The van der Waals surface area contributed by atoms with Gasteiger partial charge in [-0.3, -0.25) is 4.79 Å². The topological polar surface area (TPSA) is 72.9 Å². The maximum absolute atomic E-state index is 12.3. The minimum atomic E-state index is -0.00613. The average molecular weight is 348 g/mol. The van der Waals surface area contributed by atoms with Crippen LogP contribution in [0.1, 0.15) is 37.1 Å². The first-order chi connectivity index (χ1) is 12.7. The first-order valence-corrected chi connectivity index (χ1v) is 9.33. The van der Waals surface area contributed by atoms with Gasteiger partial charge in [0.1, 0.15) is 5.82 Å². The molecule has 0 fully saturated rings. The smallest absolute Gasteiger partial charge is 0.224 e. The number of carbonyl (C=O) groups excluding carboxylic acids is 1. The van der Waals surface area contributed by atoms with Gasteiger partial charge in [-0.15, -0.1) is 0 Å². The third-order valence-corrected chi connectivity index (χ3v) is 5.07. The molecule has 1 aliphatic heterocycles. The second-order valence-corrected chi connectivity index (χ2v) is 6.94. The lowest BCUT2D eigenvalue weighted by molar-refractivity contribution is -0.116. The quantitative estimate of drug-likeness (QED) is 0.702. The third kappa shape index (κ3) is 3.43. The fraction of sp³-hybridized carbons (Fsp3) is 0.333. The highest BCUT2D eigenvalue weighted by molar-refractivity contribution is 5.93. The number of nitrogen functional groups attached to an aromatic ring is 1. The zero-order valence-electron chi connectivity index (χ0n) is 14.9. The van der Waals surface area contributed by atoms with Crippen molar-refractivity contribution in [3.63, 3.8) is 0 Å². The molecule has 1 amide bonds. The molecule has 0 unspecified atom stereocenters. The summed E-state index contributed by atoms with van der Waals surface area (Å²) in [6.45, 7) is 1.04. The molecule has 0 saturated heterocycles. The lowest BCUT2D eigenvalue weighted by Crippen LogP contribution is -2.12. The molecular weight excluding hydrogens is 324 g/mol. The molecule has 5 heteroatoms. The normalized spacial score (nSPS) is 14.0. The number of nitrogens with one attached hydrogen (secondary N) is 1. The van der Waals surface area contributed by atoms with Crippen LogP contribution in [0.15, 0.2) is 42.5 Å². The van der Waals surface area contributed by atoms with Crippen LogP contribution in [0.4, 0.5) is 11.4 Å². The standard InChI is InChI=1S/C21H24N4O/c22-17-7-4-3-6-15(17)9-12-21(26)23-16-10-11-19-18(14-16)24-20-8-2-1-5-13-25(19)20/h3-4,6-7,10-11,14H,1-2,5,8-9,12-13,22H2,(H,23,26). The van der Waals surface area contributed by atoms with Crippen molar-refractivity contribution in [3.8, 4) is 0 Å². The van der Waals surface area contributed by atoms with Gasteiger partial charge in [-0.05, 0) is 49.1 Å². The number of anilines is 2. The lowest BCUT2D eigenvalue weighted by Gasteiger charge is -2.08. The number of imidazole rings is 1. The molecule has 4 rings (SSSR count). The van der Waals surface area contributed by atoms with E-state index in [1.165, 1.54) is 25.1 Å². The minimum absolute atomic E-state index is 0.00613. The Bertz CT molecular complexity index is 944. The predicted octanol–water partition coefficient (Wildman–Crippen LogP) is 3.92. The average Bonchev–Trinajstić information content (AvgIpc) is 2.81. The van der Waals surface area contributed by atoms with E-state index in [1.54, 1.807) is 0 Å². The number of aromatic nitrogens is 2. The van der Waals surface area contributed by atoms with Crippen LogP contribution in [-0.2, 0) is 24.2 Å². The van der Waals surface area contributed by atoms with Crippen molar-refractivity contribution in [2.75, 3.05) is 11.1 Å². The van der Waals surface area contributed by atoms with Gasteiger partial charge in [-0.2, -0.15) is 0 Å². The van der Waals surface area contributed by atoms with E-state index in [2.05, 4.69) is 16.0 Å². The second-order valence-electron chi connectivity index (χ2n) is 6.94. The summed E-state index contributed by atoms with van der Waals surface area (Å²) in [6.07, 6.45) is 5.76. The molecule has 0 aliphatic carbocycles. The fourth-order valence-electron chi connectivity index (χ4n) is 3.66. The Kier molecular flexibility index (Phi) is 4.61. The van der Waals surface area contributed by atoms with Gasteiger partial charge in [0.05, 0.1) is 11.0 Å². The molecule has 3 N–H and O–H groups in total. The van der Waals surface area contributed by atoms with Crippen LogP contribution in [0.2, 0.25) is 0 Å². The predicted molar refractivity (Wildman–Crippen MR) is 105 cm³/mol. The number of fused-ring (bicyclic) bond motifs is 3. The number of amides is 1. The van der Waals surface area contributed by atoms with Crippen molar-refractivity contribution in [2.45, 2.75) is 45.1 Å².